The van der Waals surface area contributed by atoms with Crippen LogP contribution in [0.5, 0.6) is 23.0 Å². The van der Waals surface area contributed by atoms with Crippen molar-refractivity contribution in [2.75, 3.05) is 60.4 Å². The first-order chi connectivity index (χ1) is 19.1. The standard InChI is InChI=1S/C28H34N4O7/c1-34-22-4-6-24(35-2)21(14-22)16-32(15-20-3-5-25-26(13-20)39-19-38-25)17-27-30-23(18-37-27)28(33)29-7-8-31-9-11-36-12-10-31/h3-6,13-14,18H,7-12,15-17,19H2,1-2H3,(H,29,33). The van der Waals surface area contributed by atoms with Gasteiger partial charge in [-0.1, -0.05) is 6.07 Å². The normalized spacial score (nSPS) is 14.9. The number of morpholine rings is 1. The van der Waals surface area contributed by atoms with Crippen LogP contribution < -0.4 is 24.3 Å². The Morgan fingerprint density at radius 1 is 1.03 bits per heavy atom. The van der Waals surface area contributed by atoms with E-state index in [9.17, 15) is 4.79 Å². The molecule has 39 heavy (non-hydrogen) atoms. The van der Waals surface area contributed by atoms with Gasteiger partial charge in [0.05, 0.1) is 34.0 Å². The van der Waals surface area contributed by atoms with Crippen LogP contribution in [0, 0.1) is 0 Å². The molecular weight excluding hydrogens is 504 g/mol. The molecule has 0 radical (unpaired) electrons. The molecule has 0 spiro atoms. The first-order valence-corrected chi connectivity index (χ1v) is 13.0. The minimum Gasteiger partial charge on any atom is -0.497 e. The molecule has 0 unspecified atom stereocenters. The fourth-order valence-electron chi connectivity index (χ4n) is 4.63. The van der Waals surface area contributed by atoms with E-state index in [2.05, 4.69) is 20.1 Å². The van der Waals surface area contributed by atoms with Gasteiger partial charge in [-0.2, -0.15) is 0 Å². The first kappa shape index (κ1) is 26.8. The lowest BCUT2D eigenvalue weighted by Crippen LogP contribution is -2.41. The average Bonchev–Trinajstić information content (AvgIpc) is 3.63. The second-order valence-corrected chi connectivity index (χ2v) is 9.35. The van der Waals surface area contributed by atoms with E-state index in [4.69, 9.17) is 28.1 Å². The van der Waals surface area contributed by atoms with E-state index >= 15 is 0 Å². The summed E-state index contributed by atoms with van der Waals surface area (Å²) in [5.41, 5.74) is 2.24. The zero-order valence-corrected chi connectivity index (χ0v) is 22.3. The Hall–Kier alpha value is -3.80. The van der Waals surface area contributed by atoms with Crippen molar-refractivity contribution in [3.8, 4) is 23.0 Å². The van der Waals surface area contributed by atoms with Gasteiger partial charge in [-0.25, -0.2) is 4.98 Å². The second-order valence-electron chi connectivity index (χ2n) is 9.35. The molecule has 0 saturated carbocycles. The highest BCUT2D eigenvalue weighted by Gasteiger charge is 2.20. The van der Waals surface area contributed by atoms with Crippen LogP contribution in [-0.2, 0) is 24.4 Å². The summed E-state index contributed by atoms with van der Waals surface area (Å²) in [5.74, 6) is 3.13. The number of hydrogen-bond donors (Lipinski definition) is 1. The molecule has 3 aromatic rings. The van der Waals surface area contributed by atoms with Crippen LogP contribution in [0.3, 0.4) is 0 Å². The fraction of sp³-hybridized carbons (Fsp3) is 0.429. The smallest absolute Gasteiger partial charge is 0.273 e. The van der Waals surface area contributed by atoms with Crippen LogP contribution in [0.2, 0.25) is 0 Å². The van der Waals surface area contributed by atoms with Crippen molar-refractivity contribution in [3.63, 3.8) is 0 Å². The number of aromatic nitrogens is 1. The molecule has 2 aromatic carbocycles. The summed E-state index contributed by atoms with van der Waals surface area (Å²) in [6.07, 6.45) is 1.41. The topological polar surface area (TPSA) is 108 Å². The number of fused-ring (bicyclic) bond motifs is 1. The van der Waals surface area contributed by atoms with Crippen LogP contribution in [0.4, 0.5) is 0 Å². The van der Waals surface area contributed by atoms with Gasteiger partial charge in [-0.3, -0.25) is 14.6 Å². The Morgan fingerprint density at radius 3 is 2.69 bits per heavy atom. The van der Waals surface area contributed by atoms with Crippen molar-refractivity contribution < 1.29 is 32.9 Å². The Morgan fingerprint density at radius 2 is 1.87 bits per heavy atom. The van der Waals surface area contributed by atoms with Gasteiger partial charge in [-0.15, -0.1) is 0 Å². The highest BCUT2D eigenvalue weighted by atomic mass is 16.7. The number of nitrogens with zero attached hydrogens (tertiary/aromatic N) is 3. The lowest BCUT2D eigenvalue weighted by Gasteiger charge is -2.26. The predicted molar refractivity (Wildman–Crippen MR) is 141 cm³/mol. The lowest BCUT2D eigenvalue weighted by molar-refractivity contribution is 0.0383. The van der Waals surface area contributed by atoms with Gasteiger partial charge in [0.1, 0.15) is 17.8 Å². The molecule has 11 heteroatoms. The number of benzene rings is 2. The van der Waals surface area contributed by atoms with Crippen molar-refractivity contribution in [2.24, 2.45) is 0 Å². The molecule has 1 aromatic heterocycles. The van der Waals surface area contributed by atoms with Gasteiger partial charge in [0.2, 0.25) is 12.7 Å². The number of carbonyl (C=O) groups excluding carboxylic acids is 1. The second kappa shape index (κ2) is 12.8. The number of oxazole rings is 1. The summed E-state index contributed by atoms with van der Waals surface area (Å²) in [4.78, 5) is 21.6. The van der Waals surface area contributed by atoms with Crippen LogP contribution in [-0.4, -0.2) is 81.1 Å². The molecule has 2 aliphatic heterocycles. The maximum atomic E-state index is 12.7. The predicted octanol–water partition coefficient (Wildman–Crippen LogP) is 2.68. The van der Waals surface area contributed by atoms with Gasteiger partial charge < -0.3 is 33.4 Å². The van der Waals surface area contributed by atoms with Crippen molar-refractivity contribution in [2.45, 2.75) is 19.6 Å². The van der Waals surface area contributed by atoms with E-state index in [1.807, 2.05) is 36.4 Å². The first-order valence-electron chi connectivity index (χ1n) is 13.0. The minimum absolute atomic E-state index is 0.219. The number of hydrogen-bond acceptors (Lipinski definition) is 10. The molecule has 5 rings (SSSR count). The third kappa shape index (κ3) is 6.99. The molecule has 11 nitrogen and oxygen atoms in total. The van der Waals surface area contributed by atoms with E-state index in [1.165, 1.54) is 6.26 Å². The highest BCUT2D eigenvalue weighted by Crippen LogP contribution is 2.33. The van der Waals surface area contributed by atoms with Crippen LogP contribution in [0.25, 0.3) is 0 Å². The molecule has 0 aliphatic carbocycles. The fourth-order valence-corrected chi connectivity index (χ4v) is 4.63. The van der Waals surface area contributed by atoms with Crippen molar-refractivity contribution in [1.29, 1.82) is 0 Å². The van der Waals surface area contributed by atoms with Crippen LogP contribution >= 0.6 is 0 Å². The number of methoxy groups -OCH3 is 2. The Bertz CT molecular complexity index is 1260. The quantitative estimate of drug-likeness (QED) is 0.370. The summed E-state index contributed by atoms with van der Waals surface area (Å²) in [6, 6.07) is 11.6. The van der Waals surface area contributed by atoms with E-state index in [0.29, 0.717) is 32.1 Å². The molecular formula is C28H34N4O7. The Balaban J connectivity index is 1.27. The Kier molecular flexibility index (Phi) is 8.82. The highest BCUT2D eigenvalue weighted by molar-refractivity contribution is 5.91. The Labute approximate surface area is 227 Å². The number of ether oxygens (including phenoxy) is 5. The van der Waals surface area contributed by atoms with Gasteiger partial charge >= 0.3 is 0 Å². The lowest BCUT2D eigenvalue weighted by atomic mass is 10.1. The minimum atomic E-state index is -0.255. The van der Waals surface area contributed by atoms with Gasteiger partial charge in [0, 0.05) is 44.8 Å². The number of rotatable bonds is 12. The van der Waals surface area contributed by atoms with Crippen molar-refractivity contribution >= 4 is 5.91 Å². The number of amides is 1. The molecule has 0 atom stereocenters. The molecule has 208 valence electrons. The van der Waals surface area contributed by atoms with Gasteiger partial charge in [0.15, 0.2) is 17.2 Å². The molecule has 3 heterocycles. The number of carbonyl (C=O) groups is 1. The van der Waals surface area contributed by atoms with E-state index < -0.39 is 0 Å². The molecule has 1 saturated heterocycles. The van der Waals surface area contributed by atoms with Gasteiger partial charge in [-0.05, 0) is 35.9 Å². The van der Waals surface area contributed by atoms with E-state index in [0.717, 1.165) is 67.0 Å². The third-order valence-electron chi connectivity index (χ3n) is 6.69. The zero-order valence-electron chi connectivity index (χ0n) is 22.3. The van der Waals surface area contributed by atoms with E-state index in [1.54, 1.807) is 14.2 Å². The molecule has 1 fully saturated rings. The SMILES string of the molecule is COc1ccc(OC)c(CN(Cc2ccc3c(c2)OCO3)Cc2nc(C(=O)NCCN3CCOCC3)co2)c1. The number of nitrogens with one attached hydrogen (secondary N) is 1. The van der Waals surface area contributed by atoms with Crippen molar-refractivity contribution in [1.82, 2.24) is 20.1 Å². The molecule has 1 amide bonds. The van der Waals surface area contributed by atoms with Crippen LogP contribution in [0.1, 0.15) is 27.5 Å². The molecule has 1 N–H and O–H groups in total. The largest absolute Gasteiger partial charge is 0.497 e. The summed E-state index contributed by atoms with van der Waals surface area (Å²) in [7, 11) is 3.28. The summed E-state index contributed by atoms with van der Waals surface area (Å²) in [6.45, 7) is 6.20. The monoisotopic (exact) mass is 538 g/mol. The summed E-state index contributed by atoms with van der Waals surface area (Å²) >= 11 is 0. The molecule has 0 bridgehead atoms. The maximum absolute atomic E-state index is 12.7. The average molecular weight is 539 g/mol. The molecule has 2 aliphatic rings. The maximum Gasteiger partial charge on any atom is 0.273 e. The van der Waals surface area contributed by atoms with Crippen LogP contribution in [0.15, 0.2) is 47.1 Å². The van der Waals surface area contributed by atoms with Crippen molar-refractivity contribution in [3.05, 3.63) is 65.4 Å². The van der Waals surface area contributed by atoms with Gasteiger partial charge in [0.25, 0.3) is 5.91 Å². The summed E-state index contributed by atoms with van der Waals surface area (Å²) < 4.78 is 33.1. The summed E-state index contributed by atoms with van der Waals surface area (Å²) in [5, 5.41) is 2.93. The third-order valence-corrected chi connectivity index (χ3v) is 6.69. The zero-order chi connectivity index (χ0) is 27.0. The van der Waals surface area contributed by atoms with E-state index in [-0.39, 0.29) is 18.4 Å².